The number of hydrogen-bond donors (Lipinski definition) is 1. The first-order valence-electron chi connectivity index (χ1n) is 4.98. The standard InChI is InChI=1S/C10H15FO2/c11-8(9(12)13)4-7-5-10(6-7)2-1-3-10/h7-8H,1-6H2,(H,12,13)/t8-/m0/s1. The Morgan fingerprint density at radius 1 is 1.54 bits per heavy atom. The Labute approximate surface area is 77.1 Å². The van der Waals surface area contributed by atoms with Gasteiger partial charge in [0, 0.05) is 0 Å². The van der Waals surface area contributed by atoms with E-state index in [0.29, 0.717) is 11.3 Å². The molecule has 2 aliphatic carbocycles. The quantitative estimate of drug-likeness (QED) is 0.734. The average molecular weight is 186 g/mol. The molecule has 2 nitrogen and oxygen atoms in total. The van der Waals surface area contributed by atoms with Crippen LogP contribution in [-0.2, 0) is 4.79 Å². The van der Waals surface area contributed by atoms with Crippen LogP contribution in [0.25, 0.3) is 0 Å². The minimum atomic E-state index is -1.64. The second-order valence-corrected chi connectivity index (χ2v) is 4.67. The predicted octanol–water partition coefficient (Wildman–Crippen LogP) is 2.38. The molecule has 2 aliphatic rings. The van der Waals surface area contributed by atoms with Gasteiger partial charge in [0.05, 0.1) is 0 Å². The van der Waals surface area contributed by atoms with Gasteiger partial charge in [-0.2, -0.15) is 0 Å². The Morgan fingerprint density at radius 3 is 2.54 bits per heavy atom. The zero-order valence-corrected chi connectivity index (χ0v) is 7.63. The van der Waals surface area contributed by atoms with Gasteiger partial charge < -0.3 is 5.11 Å². The molecule has 0 aromatic rings. The maximum absolute atomic E-state index is 12.8. The number of aliphatic carboxylic acids is 1. The van der Waals surface area contributed by atoms with Gasteiger partial charge in [-0.1, -0.05) is 6.42 Å². The molecule has 0 aromatic heterocycles. The van der Waals surface area contributed by atoms with Crippen LogP contribution in [0.2, 0.25) is 0 Å². The molecular formula is C10H15FO2. The van der Waals surface area contributed by atoms with Crippen molar-refractivity contribution in [2.75, 3.05) is 0 Å². The highest BCUT2D eigenvalue weighted by Gasteiger charge is 2.48. The summed E-state index contributed by atoms with van der Waals surface area (Å²) in [6, 6.07) is 0. The lowest BCUT2D eigenvalue weighted by atomic mass is 9.51. The van der Waals surface area contributed by atoms with E-state index in [9.17, 15) is 9.18 Å². The van der Waals surface area contributed by atoms with E-state index in [1.165, 1.54) is 19.3 Å². The summed E-state index contributed by atoms with van der Waals surface area (Å²) in [7, 11) is 0. The summed E-state index contributed by atoms with van der Waals surface area (Å²) < 4.78 is 12.8. The largest absolute Gasteiger partial charge is 0.479 e. The van der Waals surface area contributed by atoms with Crippen LogP contribution in [0.4, 0.5) is 4.39 Å². The fraction of sp³-hybridized carbons (Fsp3) is 0.900. The molecule has 2 saturated carbocycles. The third-order valence-electron chi connectivity index (χ3n) is 3.67. The first-order valence-corrected chi connectivity index (χ1v) is 4.98. The minimum absolute atomic E-state index is 0.233. The number of hydrogen-bond acceptors (Lipinski definition) is 1. The molecule has 0 amide bonds. The number of alkyl halides is 1. The monoisotopic (exact) mass is 186 g/mol. The molecular weight excluding hydrogens is 171 g/mol. The molecule has 1 spiro atoms. The van der Waals surface area contributed by atoms with Crippen LogP contribution < -0.4 is 0 Å². The topological polar surface area (TPSA) is 37.3 Å². The van der Waals surface area contributed by atoms with E-state index in [1.54, 1.807) is 0 Å². The highest BCUT2D eigenvalue weighted by molar-refractivity contribution is 5.72. The smallest absolute Gasteiger partial charge is 0.338 e. The Kier molecular flexibility index (Phi) is 2.05. The number of carboxylic acid groups (broad SMARTS) is 1. The molecule has 13 heavy (non-hydrogen) atoms. The van der Waals surface area contributed by atoms with Crippen molar-refractivity contribution in [1.29, 1.82) is 0 Å². The maximum Gasteiger partial charge on any atom is 0.338 e. The van der Waals surface area contributed by atoms with Crippen molar-refractivity contribution in [3.63, 3.8) is 0 Å². The van der Waals surface area contributed by atoms with Gasteiger partial charge in [-0.25, -0.2) is 9.18 Å². The van der Waals surface area contributed by atoms with Crippen molar-refractivity contribution in [2.45, 2.75) is 44.7 Å². The Balaban J connectivity index is 1.71. The Bertz CT molecular complexity index is 215. The van der Waals surface area contributed by atoms with Gasteiger partial charge in [0.2, 0.25) is 0 Å². The third-order valence-corrected chi connectivity index (χ3v) is 3.67. The summed E-state index contributed by atoms with van der Waals surface area (Å²) in [4.78, 5) is 10.2. The van der Waals surface area contributed by atoms with Crippen molar-refractivity contribution >= 4 is 5.97 Å². The molecule has 74 valence electrons. The van der Waals surface area contributed by atoms with Crippen LogP contribution in [-0.4, -0.2) is 17.2 Å². The van der Waals surface area contributed by atoms with Gasteiger partial charge in [-0.15, -0.1) is 0 Å². The highest BCUT2D eigenvalue weighted by atomic mass is 19.1. The van der Waals surface area contributed by atoms with E-state index in [2.05, 4.69) is 0 Å². The lowest BCUT2D eigenvalue weighted by Crippen LogP contribution is -2.43. The summed E-state index contributed by atoms with van der Waals surface area (Å²) in [6.45, 7) is 0. The summed E-state index contributed by atoms with van der Waals surface area (Å²) in [6.07, 6.45) is 4.62. The molecule has 0 radical (unpaired) electrons. The SMILES string of the molecule is O=C(O)[C@@H](F)CC1CC2(CCC2)C1. The maximum atomic E-state index is 12.8. The number of halogens is 1. The van der Waals surface area contributed by atoms with Crippen LogP contribution >= 0.6 is 0 Å². The summed E-state index contributed by atoms with van der Waals surface area (Å²) in [5.74, 6) is -0.957. The third kappa shape index (κ3) is 1.56. The van der Waals surface area contributed by atoms with Gasteiger partial charge in [0.25, 0.3) is 0 Å². The molecule has 0 bridgehead atoms. The Morgan fingerprint density at radius 2 is 2.15 bits per heavy atom. The van der Waals surface area contributed by atoms with Crippen LogP contribution in [0.5, 0.6) is 0 Å². The van der Waals surface area contributed by atoms with Gasteiger partial charge in [-0.3, -0.25) is 0 Å². The fourth-order valence-electron chi connectivity index (χ4n) is 2.81. The Hall–Kier alpha value is -0.600. The lowest BCUT2D eigenvalue weighted by molar-refractivity contribution is -0.145. The normalized spacial score (nSPS) is 27.8. The van der Waals surface area contributed by atoms with Crippen molar-refractivity contribution < 1.29 is 14.3 Å². The van der Waals surface area contributed by atoms with E-state index in [4.69, 9.17) is 5.11 Å². The molecule has 0 aliphatic heterocycles. The zero-order chi connectivity index (χ0) is 9.47. The first-order chi connectivity index (χ1) is 6.11. The van der Waals surface area contributed by atoms with Crippen LogP contribution in [0.15, 0.2) is 0 Å². The van der Waals surface area contributed by atoms with E-state index in [1.807, 2.05) is 0 Å². The minimum Gasteiger partial charge on any atom is -0.479 e. The zero-order valence-electron chi connectivity index (χ0n) is 7.63. The van der Waals surface area contributed by atoms with E-state index in [0.717, 1.165) is 12.8 Å². The fourth-order valence-corrected chi connectivity index (χ4v) is 2.81. The van der Waals surface area contributed by atoms with Crippen molar-refractivity contribution in [3.05, 3.63) is 0 Å². The predicted molar refractivity (Wildman–Crippen MR) is 46.2 cm³/mol. The van der Waals surface area contributed by atoms with Gasteiger partial charge >= 0.3 is 5.97 Å². The number of rotatable bonds is 3. The van der Waals surface area contributed by atoms with E-state index < -0.39 is 12.1 Å². The molecule has 2 rings (SSSR count). The number of carboxylic acids is 1. The molecule has 0 saturated heterocycles. The summed E-state index contributed by atoms with van der Waals surface area (Å²) in [5, 5.41) is 8.38. The molecule has 0 unspecified atom stereocenters. The molecule has 2 fully saturated rings. The summed E-state index contributed by atoms with van der Waals surface area (Å²) in [5.41, 5.74) is 0.531. The first kappa shape index (κ1) is 8.97. The van der Waals surface area contributed by atoms with Gasteiger partial charge in [-0.05, 0) is 43.4 Å². The molecule has 3 heteroatoms. The molecule has 0 aromatic carbocycles. The van der Waals surface area contributed by atoms with Crippen molar-refractivity contribution in [2.24, 2.45) is 11.3 Å². The lowest BCUT2D eigenvalue weighted by Gasteiger charge is -2.54. The highest BCUT2D eigenvalue weighted by Crippen LogP contribution is 2.59. The van der Waals surface area contributed by atoms with Crippen molar-refractivity contribution in [1.82, 2.24) is 0 Å². The second kappa shape index (κ2) is 2.96. The second-order valence-electron chi connectivity index (χ2n) is 4.67. The van der Waals surface area contributed by atoms with E-state index >= 15 is 0 Å². The molecule has 0 heterocycles. The van der Waals surface area contributed by atoms with Crippen LogP contribution in [0.1, 0.15) is 38.5 Å². The van der Waals surface area contributed by atoms with Gasteiger partial charge in [0.15, 0.2) is 6.17 Å². The van der Waals surface area contributed by atoms with E-state index in [-0.39, 0.29) is 6.42 Å². The van der Waals surface area contributed by atoms with Crippen LogP contribution in [0, 0.1) is 11.3 Å². The van der Waals surface area contributed by atoms with Crippen molar-refractivity contribution in [3.8, 4) is 0 Å². The number of carbonyl (C=O) groups is 1. The summed E-state index contributed by atoms with van der Waals surface area (Å²) >= 11 is 0. The molecule has 1 atom stereocenters. The molecule has 1 N–H and O–H groups in total. The van der Waals surface area contributed by atoms with Gasteiger partial charge in [0.1, 0.15) is 0 Å². The average Bonchev–Trinajstić information content (AvgIpc) is 1.90. The van der Waals surface area contributed by atoms with Crippen LogP contribution in [0.3, 0.4) is 0 Å².